The summed E-state index contributed by atoms with van der Waals surface area (Å²) in [4.78, 5) is 24.7. The van der Waals surface area contributed by atoms with Crippen molar-refractivity contribution in [2.24, 2.45) is 0 Å². The third-order valence-corrected chi connectivity index (χ3v) is 3.35. The van der Waals surface area contributed by atoms with Crippen LogP contribution in [0.15, 0.2) is 24.3 Å². The van der Waals surface area contributed by atoms with Crippen molar-refractivity contribution in [1.29, 1.82) is 0 Å². The summed E-state index contributed by atoms with van der Waals surface area (Å²) in [5.74, 6) is -1.61. The standard InChI is InChI=1S/C14H16FNO3/c15-11-5-3-4-10(8-11)9-13(17)16-7-2-1-6-12(16)14(18)19/h3-5,8,12H,1-2,6-7,9H2,(H,18,19)/t12-/m0/s1. The fourth-order valence-electron chi connectivity index (χ4n) is 2.41. The molecule has 0 aliphatic carbocycles. The average molecular weight is 265 g/mol. The normalized spacial score (nSPS) is 19.2. The molecule has 5 heteroatoms. The molecular formula is C14H16FNO3. The molecule has 1 aromatic rings. The molecule has 1 aliphatic heterocycles. The topological polar surface area (TPSA) is 57.6 Å². The molecule has 0 bridgehead atoms. The molecule has 1 N–H and O–H groups in total. The van der Waals surface area contributed by atoms with E-state index in [2.05, 4.69) is 0 Å². The maximum absolute atomic E-state index is 13.0. The van der Waals surface area contributed by atoms with Crippen molar-refractivity contribution < 1.29 is 19.1 Å². The SMILES string of the molecule is O=C(O)[C@@H]1CCCCN1C(=O)Cc1cccc(F)c1. The van der Waals surface area contributed by atoms with Crippen LogP contribution < -0.4 is 0 Å². The van der Waals surface area contributed by atoms with E-state index in [-0.39, 0.29) is 12.3 Å². The molecule has 4 nitrogen and oxygen atoms in total. The second-order valence-corrected chi connectivity index (χ2v) is 4.74. The maximum Gasteiger partial charge on any atom is 0.326 e. The van der Waals surface area contributed by atoms with E-state index in [1.807, 2.05) is 0 Å². The van der Waals surface area contributed by atoms with Crippen molar-refractivity contribution in [2.75, 3.05) is 6.54 Å². The summed E-state index contributed by atoms with van der Waals surface area (Å²) < 4.78 is 13.0. The highest BCUT2D eigenvalue weighted by atomic mass is 19.1. The zero-order valence-corrected chi connectivity index (χ0v) is 10.5. The Hall–Kier alpha value is -1.91. The number of nitrogens with zero attached hydrogens (tertiary/aromatic N) is 1. The Morgan fingerprint density at radius 3 is 2.84 bits per heavy atom. The van der Waals surface area contributed by atoms with E-state index < -0.39 is 17.8 Å². The molecule has 19 heavy (non-hydrogen) atoms. The van der Waals surface area contributed by atoms with E-state index in [1.54, 1.807) is 12.1 Å². The van der Waals surface area contributed by atoms with Gasteiger partial charge in [-0.2, -0.15) is 0 Å². The molecule has 1 saturated heterocycles. The first-order chi connectivity index (χ1) is 9.08. The molecule has 2 rings (SSSR count). The van der Waals surface area contributed by atoms with Gasteiger partial charge in [0.05, 0.1) is 6.42 Å². The first kappa shape index (κ1) is 13.5. The van der Waals surface area contributed by atoms with Gasteiger partial charge in [0.15, 0.2) is 0 Å². The summed E-state index contributed by atoms with van der Waals surface area (Å²) in [6, 6.07) is 5.09. The third-order valence-electron chi connectivity index (χ3n) is 3.35. The number of hydrogen-bond acceptors (Lipinski definition) is 2. The number of benzene rings is 1. The molecule has 1 atom stereocenters. The van der Waals surface area contributed by atoms with Crippen molar-refractivity contribution in [2.45, 2.75) is 31.7 Å². The minimum atomic E-state index is -0.965. The summed E-state index contributed by atoms with van der Waals surface area (Å²) in [5.41, 5.74) is 0.569. The Balaban J connectivity index is 2.07. The molecule has 1 fully saturated rings. The lowest BCUT2D eigenvalue weighted by atomic mass is 10.0. The minimum Gasteiger partial charge on any atom is -0.480 e. The zero-order chi connectivity index (χ0) is 13.8. The van der Waals surface area contributed by atoms with Gasteiger partial charge in [0.2, 0.25) is 5.91 Å². The number of carbonyl (C=O) groups is 2. The number of likely N-dealkylation sites (tertiary alicyclic amines) is 1. The van der Waals surface area contributed by atoms with Gasteiger partial charge in [0.25, 0.3) is 0 Å². The van der Waals surface area contributed by atoms with Crippen molar-refractivity contribution in [3.8, 4) is 0 Å². The lowest BCUT2D eigenvalue weighted by Gasteiger charge is -2.33. The van der Waals surface area contributed by atoms with Gasteiger partial charge in [0, 0.05) is 6.54 Å². The predicted octanol–water partition coefficient (Wildman–Crippen LogP) is 1.83. The quantitative estimate of drug-likeness (QED) is 0.907. The number of carboxylic acids is 1. The Morgan fingerprint density at radius 1 is 1.37 bits per heavy atom. The van der Waals surface area contributed by atoms with Crippen molar-refractivity contribution >= 4 is 11.9 Å². The number of aliphatic carboxylic acids is 1. The van der Waals surface area contributed by atoms with Crippen LogP contribution in [0.4, 0.5) is 4.39 Å². The summed E-state index contributed by atoms with van der Waals surface area (Å²) in [7, 11) is 0. The molecule has 1 aromatic carbocycles. The molecule has 0 saturated carbocycles. The van der Waals surface area contributed by atoms with Crippen LogP contribution in [-0.2, 0) is 16.0 Å². The molecule has 0 radical (unpaired) electrons. The number of piperidine rings is 1. The van der Waals surface area contributed by atoms with E-state index in [0.717, 1.165) is 12.8 Å². The second-order valence-electron chi connectivity index (χ2n) is 4.74. The molecule has 102 valence electrons. The molecule has 0 aromatic heterocycles. The number of halogens is 1. The van der Waals surface area contributed by atoms with Crippen LogP contribution in [0.1, 0.15) is 24.8 Å². The van der Waals surface area contributed by atoms with E-state index in [0.29, 0.717) is 18.5 Å². The van der Waals surface area contributed by atoms with Crippen LogP contribution >= 0.6 is 0 Å². The zero-order valence-electron chi connectivity index (χ0n) is 10.5. The Morgan fingerprint density at radius 2 is 2.16 bits per heavy atom. The van der Waals surface area contributed by atoms with Gasteiger partial charge < -0.3 is 10.0 Å². The highest BCUT2D eigenvalue weighted by Crippen LogP contribution is 2.18. The Bertz CT molecular complexity index is 489. The number of rotatable bonds is 3. The van der Waals surface area contributed by atoms with Crippen LogP contribution in [0, 0.1) is 5.82 Å². The number of carbonyl (C=O) groups excluding carboxylic acids is 1. The van der Waals surface area contributed by atoms with Gasteiger partial charge in [-0.1, -0.05) is 12.1 Å². The minimum absolute atomic E-state index is 0.0432. The van der Waals surface area contributed by atoms with Gasteiger partial charge in [-0.3, -0.25) is 4.79 Å². The second kappa shape index (κ2) is 5.82. The Kier molecular flexibility index (Phi) is 4.14. The van der Waals surface area contributed by atoms with E-state index in [4.69, 9.17) is 5.11 Å². The van der Waals surface area contributed by atoms with E-state index in [9.17, 15) is 14.0 Å². The van der Waals surface area contributed by atoms with Crippen LogP contribution in [0.2, 0.25) is 0 Å². The van der Waals surface area contributed by atoms with Gasteiger partial charge in [-0.15, -0.1) is 0 Å². The summed E-state index contributed by atoms with van der Waals surface area (Å²) in [5, 5.41) is 9.11. The van der Waals surface area contributed by atoms with Gasteiger partial charge in [-0.05, 0) is 37.0 Å². The lowest BCUT2D eigenvalue weighted by Crippen LogP contribution is -2.48. The summed E-state index contributed by atoms with van der Waals surface area (Å²) in [6.45, 7) is 0.463. The smallest absolute Gasteiger partial charge is 0.326 e. The molecule has 1 heterocycles. The summed E-state index contributed by atoms with van der Waals surface area (Å²) in [6.07, 6.45) is 2.17. The van der Waals surface area contributed by atoms with Gasteiger partial charge in [0.1, 0.15) is 11.9 Å². The lowest BCUT2D eigenvalue weighted by molar-refractivity contribution is -0.151. The van der Waals surface area contributed by atoms with Crippen LogP contribution in [0.5, 0.6) is 0 Å². The number of amides is 1. The number of hydrogen-bond donors (Lipinski definition) is 1. The fourth-order valence-corrected chi connectivity index (χ4v) is 2.41. The Labute approximate surface area is 110 Å². The maximum atomic E-state index is 13.0. The molecule has 1 amide bonds. The van der Waals surface area contributed by atoms with Crippen molar-refractivity contribution in [1.82, 2.24) is 4.90 Å². The first-order valence-electron chi connectivity index (χ1n) is 6.34. The predicted molar refractivity (Wildman–Crippen MR) is 67.1 cm³/mol. The number of carboxylic acid groups (broad SMARTS) is 1. The monoisotopic (exact) mass is 265 g/mol. The van der Waals surface area contributed by atoms with Crippen molar-refractivity contribution in [3.63, 3.8) is 0 Å². The summed E-state index contributed by atoms with van der Waals surface area (Å²) >= 11 is 0. The van der Waals surface area contributed by atoms with Gasteiger partial charge in [-0.25, -0.2) is 9.18 Å². The average Bonchev–Trinajstić information content (AvgIpc) is 2.38. The van der Waals surface area contributed by atoms with Crippen LogP contribution in [0.3, 0.4) is 0 Å². The third kappa shape index (κ3) is 3.30. The highest BCUT2D eigenvalue weighted by molar-refractivity contribution is 5.85. The molecular weight excluding hydrogens is 249 g/mol. The van der Waals surface area contributed by atoms with E-state index >= 15 is 0 Å². The molecule has 0 unspecified atom stereocenters. The molecule has 0 spiro atoms. The largest absolute Gasteiger partial charge is 0.480 e. The van der Waals surface area contributed by atoms with Crippen molar-refractivity contribution in [3.05, 3.63) is 35.6 Å². The fraction of sp³-hybridized carbons (Fsp3) is 0.429. The first-order valence-corrected chi connectivity index (χ1v) is 6.34. The van der Waals surface area contributed by atoms with Crippen LogP contribution in [0.25, 0.3) is 0 Å². The highest BCUT2D eigenvalue weighted by Gasteiger charge is 2.31. The van der Waals surface area contributed by atoms with Crippen LogP contribution in [-0.4, -0.2) is 34.5 Å². The van der Waals surface area contributed by atoms with E-state index in [1.165, 1.54) is 17.0 Å². The molecule has 1 aliphatic rings. The van der Waals surface area contributed by atoms with Gasteiger partial charge >= 0.3 is 5.97 Å².